The molecule has 23 heavy (non-hydrogen) atoms. The van der Waals surface area contributed by atoms with Crippen molar-refractivity contribution in [2.45, 2.75) is 20.3 Å². The monoisotopic (exact) mass is 308 g/mol. The average molecular weight is 308 g/mol. The maximum atomic E-state index is 11.2. The molecule has 0 saturated carbocycles. The molecule has 0 spiro atoms. The Bertz CT molecular complexity index is 819. The van der Waals surface area contributed by atoms with Crippen LogP contribution in [0.2, 0.25) is 0 Å². The van der Waals surface area contributed by atoms with E-state index in [4.69, 9.17) is 4.74 Å². The summed E-state index contributed by atoms with van der Waals surface area (Å²) in [5.41, 5.74) is 4.22. The molecule has 1 aromatic heterocycles. The van der Waals surface area contributed by atoms with Gasteiger partial charge in [-0.1, -0.05) is 23.8 Å². The number of amides is 1. The molecule has 1 amide bonds. The first-order valence-electron chi connectivity index (χ1n) is 7.69. The van der Waals surface area contributed by atoms with Crippen LogP contribution in [0.25, 0.3) is 10.9 Å². The van der Waals surface area contributed by atoms with Crippen molar-refractivity contribution in [3.05, 3.63) is 59.8 Å². The lowest BCUT2D eigenvalue weighted by molar-refractivity contribution is -0.114. The summed E-state index contributed by atoms with van der Waals surface area (Å²) < 4.78 is 5.78. The first-order chi connectivity index (χ1) is 11.1. The lowest BCUT2D eigenvalue weighted by Gasteiger charge is -2.07. The van der Waals surface area contributed by atoms with Gasteiger partial charge < -0.3 is 15.0 Å². The summed E-state index contributed by atoms with van der Waals surface area (Å²) in [6.45, 7) is 4.19. The van der Waals surface area contributed by atoms with Gasteiger partial charge in [-0.05, 0) is 36.8 Å². The number of hydrogen-bond donors (Lipinski definition) is 2. The van der Waals surface area contributed by atoms with Crippen molar-refractivity contribution in [2.75, 3.05) is 11.9 Å². The van der Waals surface area contributed by atoms with Gasteiger partial charge in [-0.15, -0.1) is 0 Å². The zero-order valence-electron chi connectivity index (χ0n) is 13.3. The minimum atomic E-state index is -0.0704. The Balaban J connectivity index is 1.67. The van der Waals surface area contributed by atoms with Crippen LogP contribution < -0.4 is 10.1 Å². The average Bonchev–Trinajstić information content (AvgIpc) is 2.91. The molecule has 0 aliphatic heterocycles. The summed E-state index contributed by atoms with van der Waals surface area (Å²) in [6, 6.07) is 14.3. The third kappa shape index (κ3) is 3.72. The predicted octanol–water partition coefficient (Wildman–Crippen LogP) is 4.06. The molecule has 1 heterocycles. The van der Waals surface area contributed by atoms with Crippen LogP contribution in [0.1, 0.15) is 18.1 Å². The Hall–Kier alpha value is -2.75. The summed E-state index contributed by atoms with van der Waals surface area (Å²) in [5, 5.41) is 3.86. The van der Waals surface area contributed by atoms with Gasteiger partial charge in [-0.3, -0.25) is 4.79 Å². The number of carbonyl (C=O) groups excluding carboxylic acids is 1. The number of H-pyrrole nitrogens is 1. The van der Waals surface area contributed by atoms with Gasteiger partial charge in [0.25, 0.3) is 0 Å². The van der Waals surface area contributed by atoms with Crippen LogP contribution in [-0.2, 0) is 11.2 Å². The van der Waals surface area contributed by atoms with Crippen LogP contribution in [-0.4, -0.2) is 17.5 Å². The van der Waals surface area contributed by atoms with E-state index < -0.39 is 0 Å². The molecule has 3 rings (SSSR count). The molecule has 118 valence electrons. The highest BCUT2D eigenvalue weighted by molar-refractivity contribution is 6.01. The standard InChI is InChI=1S/C19H20N2O2/c1-13-3-6-16(7-4-13)23-10-9-15-5-8-18-17(11-15)19(12-20-18)21-14(2)22/h3-8,11-12,20H,9-10H2,1-2H3,(H,21,22). The van der Waals surface area contributed by atoms with Crippen LogP contribution in [0.15, 0.2) is 48.7 Å². The van der Waals surface area contributed by atoms with Crippen molar-refractivity contribution >= 4 is 22.5 Å². The number of nitrogens with one attached hydrogen (secondary N) is 2. The molecule has 2 aromatic carbocycles. The van der Waals surface area contributed by atoms with Crippen molar-refractivity contribution in [3.63, 3.8) is 0 Å². The maximum Gasteiger partial charge on any atom is 0.221 e. The highest BCUT2D eigenvalue weighted by Gasteiger charge is 2.06. The molecule has 0 radical (unpaired) electrons. The minimum Gasteiger partial charge on any atom is -0.493 e. The van der Waals surface area contributed by atoms with Crippen molar-refractivity contribution in [1.29, 1.82) is 0 Å². The Morgan fingerprint density at radius 1 is 1.17 bits per heavy atom. The van der Waals surface area contributed by atoms with Crippen molar-refractivity contribution in [2.24, 2.45) is 0 Å². The maximum absolute atomic E-state index is 11.2. The molecule has 0 aliphatic rings. The second kappa shape index (κ2) is 6.57. The third-order valence-electron chi connectivity index (χ3n) is 3.74. The van der Waals surface area contributed by atoms with E-state index in [1.807, 2.05) is 36.5 Å². The molecule has 3 aromatic rings. The normalized spacial score (nSPS) is 10.7. The van der Waals surface area contributed by atoms with Crippen LogP contribution in [0, 0.1) is 6.92 Å². The number of aromatic amines is 1. The summed E-state index contributed by atoms with van der Waals surface area (Å²) in [4.78, 5) is 14.4. The van der Waals surface area contributed by atoms with Gasteiger partial charge in [-0.2, -0.15) is 0 Å². The van der Waals surface area contributed by atoms with E-state index in [9.17, 15) is 4.79 Å². The molecule has 0 bridgehead atoms. The molecule has 0 saturated heterocycles. The zero-order valence-corrected chi connectivity index (χ0v) is 13.3. The summed E-state index contributed by atoms with van der Waals surface area (Å²) in [6.07, 6.45) is 2.63. The SMILES string of the molecule is CC(=O)Nc1c[nH]c2ccc(CCOc3ccc(C)cc3)cc12. The lowest BCUT2D eigenvalue weighted by Crippen LogP contribution is -2.05. The summed E-state index contributed by atoms with van der Waals surface area (Å²) >= 11 is 0. The van der Waals surface area contributed by atoms with Gasteiger partial charge in [0.05, 0.1) is 12.3 Å². The molecule has 4 nitrogen and oxygen atoms in total. The molecule has 2 N–H and O–H groups in total. The van der Waals surface area contributed by atoms with Crippen LogP contribution >= 0.6 is 0 Å². The topological polar surface area (TPSA) is 54.1 Å². The van der Waals surface area contributed by atoms with Crippen LogP contribution in [0.4, 0.5) is 5.69 Å². The fourth-order valence-electron chi connectivity index (χ4n) is 2.54. The number of ether oxygens (including phenoxy) is 1. The van der Waals surface area contributed by atoms with E-state index in [0.29, 0.717) is 6.61 Å². The smallest absolute Gasteiger partial charge is 0.221 e. The number of benzene rings is 2. The van der Waals surface area contributed by atoms with E-state index in [0.717, 1.165) is 28.8 Å². The third-order valence-corrected chi connectivity index (χ3v) is 3.74. The van der Waals surface area contributed by atoms with E-state index >= 15 is 0 Å². The van der Waals surface area contributed by atoms with E-state index in [1.54, 1.807) is 0 Å². The Morgan fingerprint density at radius 3 is 2.70 bits per heavy atom. The van der Waals surface area contributed by atoms with Gasteiger partial charge in [-0.25, -0.2) is 0 Å². The first kappa shape index (κ1) is 15.2. The lowest BCUT2D eigenvalue weighted by atomic mass is 10.1. The van der Waals surface area contributed by atoms with Gasteiger partial charge in [0.2, 0.25) is 5.91 Å². The Kier molecular flexibility index (Phi) is 4.33. The zero-order chi connectivity index (χ0) is 16.2. The van der Waals surface area contributed by atoms with Crippen molar-refractivity contribution < 1.29 is 9.53 Å². The molecular formula is C19H20N2O2. The van der Waals surface area contributed by atoms with E-state index in [-0.39, 0.29) is 5.91 Å². The largest absolute Gasteiger partial charge is 0.493 e. The van der Waals surface area contributed by atoms with Crippen molar-refractivity contribution in [3.8, 4) is 5.75 Å². The van der Waals surface area contributed by atoms with Crippen molar-refractivity contribution in [1.82, 2.24) is 4.98 Å². The number of aromatic nitrogens is 1. The number of fused-ring (bicyclic) bond motifs is 1. The summed E-state index contributed by atoms with van der Waals surface area (Å²) in [7, 11) is 0. The second-order valence-corrected chi connectivity index (χ2v) is 5.67. The molecule has 0 aliphatic carbocycles. The Morgan fingerprint density at radius 2 is 1.96 bits per heavy atom. The van der Waals surface area contributed by atoms with Gasteiger partial charge in [0, 0.05) is 30.4 Å². The van der Waals surface area contributed by atoms with Crippen LogP contribution in [0.5, 0.6) is 5.75 Å². The number of aryl methyl sites for hydroxylation is 1. The first-order valence-corrected chi connectivity index (χ1v) is 7.69. The predicted molar refractivity (Wildman–Crippen MR) is 93.0 cm³/mol. The molecular weight excluding hydrogens is 288 g/mol. The highest BCUT2D eigenvalue weighted by atomic mass is 16.5. The number of rotatable bonds is 5. The molecule has 0 atom stereocenters. The van der Waals surface area contributed by atoms with Gasteiger partial charge >= 0.3 is 0 Å². The fraction of sp³-hybridized carbons (Fsp3) is 0.211. The summed E-state index contributed by atoms with van der Waals surface area (Å²) in [5.74, 6) is 0.816. The molecule has 4 heteroatoms. The minimum absolute atomic E-state index is 0.0704. The number of anilines is 1. The second-order valence-electron chi connectivity index (χ2n) is 5.67. The Labute approximate surface area is 135 Å². The molecule has 0 fully saturated rings. The van der Waals surface area contributed by atoms with E-state index in [2.05, 4.69) is 29.4 Å². The number of carbonyl (C=O) groups is 1. The fourth-order valence-corrected chi connectivity index (χ4v) is 2.54. The highest BCUT2D eigenvalue weighted by Crippen LogP contribution is 2.24. The van der Waals surface area contributed by atoms with Crippen LogP contribution in [0.3, 0.4) is 0 Å². The van der Waals surface area contributed by atoms with E-state index in [1.165, 1.54) is 18.1 Å². The quantitative estimate of drug-likeness (QED) is 0.747. The van der Waals surface area contributed by atoms with Gasteiger partial charge in [0.1, 0.15) is 5.75 Å². The number of hydrogen-bond acceptors (Lipinski definition) is 2. The van der Waals surface area contributed by atoms with Gasteiger partial charge in [0.15, 0.2) is 0 Å². The molecule has 0 unspecified atom stereocenters.